The Morgan fingerprint density at radius 1 is 1.09 bits per heavy atom. The molecule has 120 valence electrons. The molecule has 0 unspecified atom stereocenters. The van der Waals surface area contributed by atoms with E-state index in [0.29, 0.717) is 0 Å². The molecule has 3 rings (SSSR count). The average molecular weight is 367 g/mol. The van der Waals surface area contributed by atoms with E-state index in [1.807, 2.05) is 24.3 Å². The van der Waals surface area contributed by atoms with Gasteiger partial charge in [-0.05, 0) is 43.5 Å². The standard InChI is InChI=1S/C16H23N5.BrH/c1-20-10-4-5-15(20)19-16(21-11-2-3-12-21)18-14-8-6-13(17)7-9-14;/h6-9H,2-5,10-12,17H2,1H3;1H/p+1. The SMILES string of the molecule is Br.CN1CCCC1=[N+]=C(Nc1ccc(N)cc1)N1CCCC1. The van der Waals surface area contributed by atoms with Gasteiger partial charge in [-0.25, -0.2) is 4.67 Å². The molecule has 2 aliphatic heterocycles. The van der Waals surface area contributed by atoms with Gasteiger partial charge in [-0.2, -0.15) is 0 Å². The summed E-state index contributed by atoms with van der Waals surface area (Å²) in [6, 6.07) is 7.84. The average Bonchev–Trinajstić information content (AvgIpc) is 3.13. The van der Waals surface area contributed by atoms with E-state index >= 15 is 0 Å². The summed E-state index contributed by atoms with van der Waals surface area (Å²) in [5.41, 5.74) is 7.57. The second-order valence-electron chi connectivity index (χ2n) is 5.82. The van der Waals surface area contributed by atoms with E-state index in [2.05, 4.69) is 22.2 Å². The van der Waals surface area contributed by atoms with Crippen LogP contribution in [-0.2, 0) is 0 Å². The molecule has 0 aromatic heterocycles. The molecule has 0 bridgehead atoms. The van der Waals surface area contributed by atoms with Crippen LogP contribution in [0.3, 0.4) is 0 Å². The first-order valence-electron chi connectivity index (χ1n) is 7.75. The van der Waals surface area contributed by atoms with Gasteiger partial charge in [0.05, 0.1) is 25.3 Å². The summed E-state index contributed by atoms with van der Waals surface area (Å²) in [6.07, 6.45) is 4.75. The van der Waals surface area contributed by atoms with E-state index in [1.165, 1.54) is 25.1 Å². The number of nitrogen functional groups attached to an aromatic ring is 1. The molecule has 0 saturated carbocycles. The lowest BCUT2D eigenvalue weighted by Gasteiger charge is -2.13. The summed E-state index contributed by atoms with van der Waals surface area (Å²) in [6.45, 7) is 3.27. The van der Waals surface area contributed by atoms with Crippen molar-refractivity contribution in [1.29, 1.82) is 0 Å². The molecule has 6 heteroatoms. The van der Waals surface area contributed by atoms with Crippen molar-refractivity contribution < 1.29 is 0 Å². The molecule has 2 saturated heterocycles. The van der Waals surface area contributed by atoms with E-state index in [-0.39, 0.29) is 17.0 Å². The zero-order valence-electron chi connectivity index (χ0n) is 13.1. The number of benzene rings is 1. The van der Waals surface area contributed by atoms with Crippen LogP contribution in [0.4, 0.5) is 11.4 Å². The molecular formula is C16H25BrN5+. The fourth-order valence-electron chi connectivity index (χ4n) is 2.86. The highest BCUT2D eigenvalue weighted by Gasteiger charge is 2.25. The van der Waals surface area contributed by atoms with Gasteiger partial charge in [0.1, 0.15) is 0 Å². The number of hydrogen-bond donors (Lipinski definition) is 2. The summed E-state index contributed by atoms with van der Waals surface area (Å²) in [5, 5.41) is 3.47. The van der Waals surface area contributed by atoms with Crippen LogP contribution in [0.25, 0.3) is 0 Å². The van der Waals surface area contributed by atoms with Gasteiger partial charge in [0.2, 0.25) is 0 Å². The fraction of sp³-hybridized carbons (Fsp3) is 0.500. The number of likely N-dealkylation sites (tertiary alicyclic amines) is 2. The van der Waals surface area contributed by atoms with Crippen molar-refractivity contribution in [2.24, 2.45) is 0 Å². The van der Waals surface area contributed by atoms with Crippen molar-refractivity contribution in [3.8, 4) is 0 Å². The maximum Gasteiger partial charge on any atom is 0.401 e. The first kappa shape index (κ1) is 16.7. The second-order valence-corrected chi connectivity index (χ2v) is 5.82. The first-order chi connectivity index (χ1) is 10.2. The lowest BCUT2D eigenvalue weighted by atomic mass is 10.3. The smallest absolute Gasteiger partial charge is 0.399 e. The van der Waals surface area contributed by atoms with E-state index in [0.717, 1.165) is 43.4 Å². The molecule has 22 heavy (non-hydrogen) atoms. The molecule has 1 aromatic rings. The van der Waals surface area contributed by atoms with Crippen LogP contribution < -0.4 is 15.7 Å². The molecule has 2 fully saturated rings. The molecule has 0 spiro atoms. The van der Waals surface area contributed by atoms with Gasteiger partial charge in [-0.1, -0.05) is 0 Å². The number of halogens is 1. The van der Waals surface area contributed by atoms with E-state index in [9.17, 15) is 0 Å². The summed E-state index contributed by atoms with van der Waals surface area (Å²) in [7, 11) is 2.12. The van der Waals surface area contributed by atoms with Gasteiger partial charge in [0.15, 0.2) is 0 Å². The predicted molar refractivity (Wildman–Crippen MR) is 99.6 cm³/mol. The van der Waals surface area contributed by atoms with Gasteiger partial charge >= 0.3 is 5.96 Å². The van der Waals surface area contributed by atoms with Gasteiger partial charge in [0, 0.05) is 19.2 Å². The van der Waals surface area contributed by atoms with E-state index < -0.39 is 0 Å². The number of amidine groups is 1. The monoisotopic (exact) mass is 366 g/mol. The number of guanidine groups is 1. The zero-order valence-corrected chi connectivity index (χ0v) is 14.8. The molecule has 5 nitrogen and oxygen atoms in total. The Labute approximate surface area is 142 Å². The van der Waals surface area contributed by atoms with Crippen LogP contribution in [0.15, 0.2) is 24.3 Å². The van der Waals surface area contributed by atoms with Crippen LogP contribution in [0.5, 0.6) is 0 Å². The molecule has 0 aliphatic carbocycles. The lowest BCUT2D eigenvalue weighted by molar-refractivity contribution is 0.514. The van der Waals surface area contributed by atoms with Crippen molar-refractivity contribution in [2.75, 3.05) is 37.7 Å². The summed E-state index contributed by atoms with van der Waals surface area (Å²) >= 11 is 0. The van der Waals surface area contributed by atoms with Crippen molar-refractivity contribution in [1.82, 2.24) is 14.5 Å². The summed E-state index contributed by atoms with van der Waals surface area (Å²) < 4.78 is 4.90. The van der Waals surface area contributed by atoms with Crippen molar-refractivity contribution in [3.63, 3.8) is 0 Å². The third-order valence-corrected chi connectivity index (χ3v) is 4.14. The van der Waals surface area contributed by atoms with Gasteiger partial charge in [0.25, 0.3) is 5.84 Å². The number of nitrogens with two attached hydrogens (primary N) is 1. The third kappa shape index (κ3) is 3.96. The zero-order chi connectivity index (χ0) is 14.7. The molecule has 0 amide bonds. The quantitative estimate of drug-likeness (QED) is 0.345. The molecule has 2 aliphatic rings. The predicted octanol–water partition coefficient (Wildman–Crippen LogP) is 1.90. The maximum absolute atomic E-state index is 5.75. The van der Waals surface area contributed by atoms with E-state index in [1.54, 1.807) is 0 Å². The Bertz CT molecular complexity index is 556. The highest BCUT2D eigenvalue weighted by atomic mass is 79.9. The fourth-order valence-corrected chi connectivity index (χ4v) is 2.86. The Balaban J connectivity index is 0.00000176. The molecule has 3 N–H and O–H groups in total. The molecule has 0 radical (unpaired) electrons. The third-order valence-electron chi connectivity index (χ3n) is 4.14. The Morgan fingerprint density at radius 3 is 2.36 bits per heavy atom. The minimum atomic E-state index is 0. The number of nitrogens with zero attached hydrogens (tertiary/aromatic N) is 3. The van der Waals surface area contributed by atoms with Crippen LogP contribution in [0.2, 0.25) is 0 Å². The number of anilines is 2. The first-order valence-corrected chi connectivity index (χ1v) is 7.75. The van der Waals surface area contributed by atoms with Crippen LogP contribution in [0, 0.1) is 0 Å². The molecule has 0 atom stereocenters. The largest absolute Gasteiger partial charge is 0.401 e. The van der Waals surface area contributed by atoms with Crippen LogP contribution >= 0.6 is 17.0 Å². The topological polar surface area (TPSA) is 58.6 Å². The van der Waals surface area contributed by atoms with Crippen molar-refractivity contribution in [3.05, 3.63) is 24.3 Å². The molecule has 1 aromatic carbocycles. The van der Waals surface area contributed by atoms with Gasteiger partial charge < -0.3 is 10.6 Å². The van der Waals surface area contributed by atoms with E-state index in [4.69, 9.17) is 10.4 Å². The Hall–Kier alpha value is -1.65. The Kier molecular flexibility index (Phi) is 5.75. The van der Waals surface area contributed by atoms with Crippen molar-refractivity contribution >= 4 is 40.2 Å². The number of hydrogen-bond acceptors (Lipinski definition) is 1. The minimum absolute atomic E-state index is 0. The molecule has 2 heterocycles. The van der Waals surface area contributed by atoms with Gasteiger partial charge in [-0.3, -0.25) is 10.2 Å². The second kappa shape index (κ2) is 7.56. The normalized spacial score (nSPS) is 17.2. The maximum atomic E-state index is 5.75. The van der Waals surface area contributed by atoms with Crippen molar-refractivity contribution in [2.45, 2.75) is 25.7 Å². The Morgan fingerprint density at radius 2 is 1.77 bits per heavy atom. The highest BCUT2D eigenvalue weighted by Crippen LogP contribution is 2.13. The summed E-state index contributed by atoms with van der Waals surface area (Å²) in [4.78, 5) is 4.59. The molecular weight excluding hydrogens is 342 g/mol. The van der Waals surface area contributed by atoms with Crippen LogP contribution in [-0.4, -0.2) is 48.3 Å². The summed E-state index contributed by atoms with van der Waals surface area (Å²) in [5.74, 6) is 2.15. The van der Waals surface area contributed by atoms with Gasteiger partial charge in [-0.15, -0.1) is 17.0 Å². The lowest BCUT2D eigenvalue weighted by Crippen LogP contribution is -2.38. The number of nitrogens with one attached hydrogen (secondary N) is 1. The highest BCUT2D eigenvalue weighted by molar-refractivity contribution is 8.93. The minimum Gasteiger partial charge on any atom is -0.399 e. The number of rotatable bonds is 1. The van der Waals surface area contributed by atoms with Crippen LogP contribution in [0.1, 0.15) is 25.7 Å².